The molecule has 0 aromatic rings. The van der Waals surface area contributed by atoms with Crippen LogP contribution < -0.4 is 10.6 Å². The average molecular weight is 230 g/mol. The van der Waals surface area contributed by atoms with Crippen molar-refractivity contribution in [2.75, 3.05) is 13.6 Å². The molecule has 5 heteroatoms. The Morgan fingerprint density at radius 3 is 2.38 bits per heavy atom. The number of aliphatic carboxylic acids is 1. The van der Waals surface area contributed by atoms with Gasteiger partial charge < -0.3 is 15.7 Å². The molecule has 0 aliphatic heterocycles. The van der Waals surface area contributed by atoms with E-state index >= 15 is 0 Å². The highest BCUT2D eigenvalue weighted by Crippen LogP contribution is 2.05. The molecule has 0 saturated heterocycles. The van der Waals surface area contributed by atoms with Gasteiger partial charge >= 0.3 is 5.97 Å². The molecule has 0 aliphatic carbocycles. The molecule has 0 radical (unpaired) electrons. The van der Waals surface area contributed by atoms with Crippen LogP contribution in [-0.2, 0) is 9.59 Å². The molecule has 16 heavy (non-hydrogen) atoms. The summed E-state index contributed by atoms with van der Waals surface area (Å²) in [6, 6.07) is -0.223. The van der Waals surface area contributed by atoms with Gasteiger partial charge in [0.15, 0.2) is 0 Å². The van der Waals surface area contributed by atoms with Gasteiger partial charge in [0.25, 0.3) is 0 Å². The summed E-state index contributed by atoms with van der Waals surface area (Å²) in [6.45, 7) is 4.65. The number of carbonyl (C=O) groups excluding carboxylic acids is 1. The predicted octanol–water partition coefficient (Wildman–Crippen LogP) is 0.601. The van der Waals surface area contributed by atoms with Crippen LogP contribution in [0.3, 0.4) is 0 Å². The summed E-state index contributed by atoms with van der Waals surface area (Å²) >= 11 is 0. The topological polar surface area (TPSA) is 78.4 Å². The molecule has 0 aliphatic rings. The van der Waals surface area contributed by atoms with Crippen molar-refractivity contribution in [1.29, 1.82) is 0 Å². The molecular formula is C11H22N2O3. The highest BCUT2D eigenvalue weighted by molar-refractivity contribution is 5.81. The van der Waals surface area contributed by atoms with Crippen molar-refractivity contribution in [3.63, 3.8) is 0 Å². The molecule has 1 amide bonds. The number of hydrogen-bond acceptors (Lipinski definition) is 3. The van der Waals surface area contributed by atoms with Crippen LogP contribution >= 0.6 is 0 Å². The van der Waals surface area contributed by atoms with E-state index in [2.05, 4.69) is 24.5 Å². The Hall–Kier alpha value is -1.10. The van der Waals surface area contributed by atoms with Crippen molar-refractivity contribution in [3.8, 4) is 0 Å². The number of amides is 1. The summed E-state index contributed by atoms with van der Waals surface area (Å²) in [7, 11) is 1.61. The van der Waals surface area contributed by atoms with Crippen molar-refractivity contribution in [2.24, 2.45) is 5.92 Å². The number of nitrogens with one attached hydrogen (secondary N) is 2. The van der Waals surface area contributed by atoms with E-state index in [-0.39, 0.29) is 18.4 Å². The minimum atomic E-state index is -0.804. The molecule has 0 heterocycles. The summed E-state index contributed by atoms with van der Waals surface area (Å²) in [5, 5.41) is 14.2. The zero-order valence-electron chi connectivity index (χ0n) is 10.2. The fourth-order valence-corrected chi connectivity index (χ4v) is 1.44. The zero-order valence-corrected chi connectivity index (χ0v) is 10.2. The maximum atomic E-state index is 11.5. The monoisotopic (exact) mass is 230 g/mol. The highest BCUT2D eigenvalue weighted by atomic mass is 16.4. The standard InChI is InChI=1S/C11H22N2O3/c1-8(2)7-9(11(16)12-3)13-6-4-5-10(14)15/h8-9,13H,4-7H2,1-3H3,(H,12,16)(H,14,15)/t9-/m0/s1. The average Bonchev–Trinajstić information content (AvgIpc) is 2.20. The molecule has 94 valence electrons. The number of carboxylic acid groups (broad SMARTS) is 1. The van der Waals surface area contributed by atoms with Crippen molar-refractivity contribution in [1.82, 2.24) is 10.6 Å². The second-order valence-electron chi connectivity index (χ2n) is 4.25. The first-order valence-corrected chi connectivity index (χ1v) is 5.64. The number of likely N-dealkylation sites (N-methyl/N-ethyl adjacent to an activating group) is 1. The molecule has 0 rings (SSSR count). The van der Waals surface area contributed by atoms with Gasteiger partial charge in [-0.3, -0.25) is 9.59 Å². The van der Waals surface area contributed by atoms with Crippen molar-refractivity contribution in [3.05, 3.63) is 0 Å². The molecule has 0 aromatic carbocycles. The molecule has 1 atom stereocenters. The van der Waals surface area contributed by atoms with E-state index in [1.54, 1.807) is 7.05 Å². The molecule has 0 spiro atoms. The van der Waals surface area contributed by atoms with Crippen molar-refractivity contribution in [2.45, 2.75) is 39.2 Å². The van der Waals surface area contributed by atoms with Crippen LogP contribution in [0.4, 0.5) is 0 Å². The van der Waals surface area contributed by atoms with E-state index in [4.69, 9.17) is 5.11 Å². The fraction of sp³-hybridized carbons (Fsp3) is 0.818. The largest absolute Gasteiger partial charge is 0.481 e. The van der Waals surface area contributed by atoms with Crippen molar-refractivity contribution < 1.29 is 14.7 Å². The van der Waals surface area contributed by atoms with Gasteiger partial charge in [0, 0.05) is 13.5 Å². The lowest BCUT2D eigenvalue weighted by molar-refractivity contribution is -0.137. The number of carbonyl (C=O) groups is 2. The Bertz CT molecular complexity index is 229. The van der Waals surface area contributed by atoms with Crippen LogP contribution in [0.5, 0.6) is 0 Å². The van der Waals surface area contributed by atoms with Gasteiger partial charge in [-0.2, -0.15) is 0 Å². The van der Waals surface area contributed by atoms with E-state index in [0.717, 1.165) is 6.42 Å². The fourth-order valence-electron chi connectivity index (χ4n) is 1.44. The lowest BCUT2D eigenvalue weighted by Crippen LogP contribution is -2.44. The molecule has 5 nitrogen and oxygen atoms in total. The summed E-state index contributed by atoms with van der Waals surface area (Å²) in [4.78, 5) is 21.8. The van der Waals surface area contributed by atoms with E-state index in [9.17, 15) is 9.59 Å². The third kappa shape index (κ3) is 7.23. The van der Waals surface area contributed by atoms with Gasteiger partial charge in [0.05, 0.1) is 6.04 Å². The van der Waals surface area contributed by atoms with Gasteiger partial charge in [-0.25, -0.2) is 0 Å². The Morgan fingerprint density at radius 1 is 1.31 bits per heavy atom. The van der Waals surface area contributed by atoms with Crippen LogP contribution in [0.2, 0.25) is 0 Å². The Morgan fingerprint density at radius 2 is 1.94 bits per heavy atom. The first-order chi connectivity index (χ1) is 7.47. The number of rotatable bonds is 8. The van der Waals surface area contributed by atoms with E-state index in [0.29, 0.717) is 18.9 Å². The summed E-state index contributed by atoms with van der Waals surface area (Å²) in [6.07, 6.45) is 1.43. The van der Waals surface area contributed by atoms with Gasteiger partial charge in [0.1, 0.15) is 0 Å². The number of hydrogen-bond donors (Lipinski definition) is 3. The summed E-state index contributed by atoms with van der Waals surface area (Å²) in [5.41, 5.74) is 0. The van der Waals surface area contributed by atoms with Crippen LogP contribution in [0, 0.1) is 5.92 Å². The minimum absolute atomic E-state index is 0.0379. The molecule has 0 fully saturated rings. The first kappa shape index (κ1) is 14.9. The second kappa shape index (κ2) is 8.10. The van der Waals surface area contributed by atoms with E-state index in [1.165, 1.54) is 0 Å². The molecular weight excluding hydrogens is 208 g/mol. The van der Waals surface area contributed by atoms with Gasteiger partial charge in [-0.1, -0.05) is 13.8 Å². The lowest BCUT2D eigenvalue weighted by Gasteiger charge is -2.18. The molecule has 0 bridgehead atoms. The van der Waals surface area contributed by atoms with Gasteiger partial charge in [-0.15, -0.1) is 0 Å². The highest BCUT2D eigenvalue weighted by Gasteiger charge is 2.17. The first-order valence-electron chi connectivity index (χ1n) is 5.64. The van der Waals surface area contributed by atoms with Gasteiger partial charge in [0.2, 0.25) is 5.91 Å². The van der Waals surface area contributed by atoms with Crippen LogP contribution in [-0.4, -0.2) is 36.6 Å². The third-order valence-electron chi connectivity index (χ3n) is 2.23. The quantitative estimate of drug-likeness (QED) is 0.534. The Kier molecular flexibility index (Phi) is 7.54. The Labute approximate surface area is 96.6 Å². The van der Waals surface area contributed by atoms with Gasteiger partial charge in [-0.05, 0) is 25.3 Å². The van der Waals surface area contributed by atoms with Crippen LogP contribution in [0.15, 0.2) is 0 Å². The molecule has 0 saturated carbocycles. The normalized spacial score (nSPS) is 12.5. The van der Waals surface area contributed by atoms with Crippen molar-refractivity contribution >= 4 is 11.9 Å². The molecule has 0 aromatic heterocycles. The third-order valence-corrected chi connectivity index (χ3v) is 2.23. The van der Waals surface area contributed by atoms with Crippen LogP contribution in [0.25, 0.3) is 0 Å². The minimum Gasteiger partial charge on any atom is -0.481 e. The smallest absolute Gasteiger partial charge is 0.303 e. The molecule has 0 unspecified atom stereocenters. The number of carboxylic acids is 1. The SMILES string of the molecule is CNC(=O)[C@H](CC(C)C)NCCCC(=O)O. The maximum absolute atomic E-state index is 11.5. The Balaban J connectivity index is 3.92. The summed E-state index contributed by atoms with van der Waals surface area (Å²) < 4.78 is 0. The van der Waals surface area contributed by atoms with Crippen LogP contribution in [0.1, 0.15) is 33.1 Å². The zero-order chi connectivity index (χ0) is 12.6. The van der Waals surface area contributed by atoms with E-state index in [1.807, 2.05) is 0 Å². The predicted molar refractivity (Wildman–Crippen MR) is 62.2 cm³/mol. The maximum Gasteiger partial charge on any atom is 0.303 e. The van der Waals surface area contributed by atoms with E-state index < -0.39 is 5.97 Å². The lowest BCUT2D eigenvalue weighted by atomic mass is 10.0. The molecule has 3 N–H and O–H groups in total. The summed E-state index contributed by atoms with van der Waals surface area (Å²) in [5.74, 6) is -0.416. The second-order valence-corrected chi connectivity index (χ2v) is 4.25.